The quantitative estimate of drug-likeness (QED) is 0.472. The molecule has 7 heteroatoms. The molecule has 0 spiro atoms. The highest BCUT2D eigenvalue weighted by Crippen LogP contribution is 2.34. The highest BCUT2D eigenvalue weighted by molar-refractivity contribution is 5.77. The second-order valence-corrected chi connectivity index (χ2v) is 6.33. The van der Waals surface area contributed by atoms with Crippen molar-refractivity contribution in [1.29, 1.82) is 0 Å². The third kappa shape index (κ3) is 4.63. The zero-order chi connectivity index (χ0) is 19.2. The maximum absolute atomic E-state index is 10.4. The van der Waals surface area contributed by atoms with E-state index in [4.69, 9.17) is 11.5 Å². The van der Waals surface area contributed by atoms with Gasteiger partial charge in [0.15, 0.2) is 0 Å². The molecular weight excluding hydrogens is 340 g/mol. The number of hydrogen-bond acceptors (Lipinski definition) is 7. The number of nitrogens with two attached hydrogens (primary N) is 2. The summed E-state index contributed by atoms with van der Waals surface area (Å²) in [6.07, 6.45) is 5.01. The number of phenolic OH excluding ortho intramolecular Hbond substituents is 1. The van der Waals surface area contributed by atoms with Crippen LogP contribution in [0.2, 0.25) is 0 Å². The van der Waals surface area contributed by atoms with Gasteiger partial charge in [-0.2, -0.15) is 4.98 Å². The molecule has 0 radical (unpaired) electrons. The molecule has 2 heterocycles. The molecule has 0 saturated carbocycles. The maximum Gasteiger partial charge on any atom is 0.222 e. The zero-order valence-electron chi connectivity index (χ0n) is 15.3. The first-order chi connectivity index (χ1) is 13.1. The Hall–Kier alpha value is -3.35. The summed E-state index contributed by atoms with van der Waals surface area (Å²) in [5.74, 6) is 1.36. The number of nitrogen functional groups attached to an aromatic ring is 2. The SMILES string of the molecule is CCCCCNc1cc(-c2cc(-c3ccnc(N)c3)ccc2O)nc(N)n1. The fourth-order valence-electron chi connectivity index (χ4n) is 2.83. The average Bonchev–Trinajstić information content (AvgIpc) is 2.65. The van der Waals surface area contributed by atoms with Crippen LogP contribution in [-0.2, 0) is 0 Å². The third-order valence-corrected chi connectivity index (χ3v) is 4.22. The molecule has 0 unspecified atom stereocenters. The second-order valence-electron chi connectivity index (χ2n) is 6.33. The Balaban J connectivity index is 1.93. The van der Waals surface area contributed by atoms with Gasteiger partial charge in [0.1, 0.15) is 17.4 Å². The van der Waals surface area contributed by atoms with E-state index in [1.54, 1.807) is 24.4 Å². The standard InChI is InChI=1S/C20H24N6O/c1-2-3-4-8-24-19-12-16(25-20(22)26-19)15-10-13(5-6-17(15)27)14-7-9-23-18(21)11-14/h5-7,9-12,27H,2-4,8H2,1H3,(H2,21,23)(H3,22,24,25,26). The maximum atomic E-state index is 10.4. The van der Waals surface area contributed by atoms with Crippen molar-refractivity contribution in [3.63, 3.8) is 0 Å². The van der Waals surface area contributed by atoms with Crippen LogP contribution in [0.3, 0.4) is 0 Å². The summed E-state index contributed by atoms with van der Waals surface area (Å²) in [5, 5.41) is 13.6. The van der Waals surface area contributed by atoms with Crippen molar-refractivity contribution in [2.75, 3.05) is 23.3 Å². The Morgan fingerprint density at radius 2 is 1.81 bits per heavy atom. The van der Waals surface area contributed by atoms with Crippen LogP contribution < -0.4 is 16.8 Å². The van der Waals surface area contributed by atoms with Crippen molar-refractivity contribution in [2.45, 2.75) is 26.2 Å². The smallest absolute Gasteiger partial charge is 0.222 e. The van der Waals surface area contributed by atoms with Gasteiger partial charge < -0.3 is 21.9 Å². The average molecular weight is 364 g/mol. The zero-order valence-corrected chi connectivity index (χ0v) is 15.3. The van der Waals surface area contributed by atoms with E-state index in [1.165, 1.54) is 0 Å². The molecule has 2 aromatic heterocycles. The van der Waals surface area contributed by atoms with Crippen molar-refractivity contribution in [3.05, 3.63) is 42.6 Å². The predicted octanol–water partition coefficient (Wildman–Crippen LogP) is 3.68. The second kappa shape index (κ2) is 8.35. The summed E-state index contributed by atoms with van der Waals surface area (Å²) in [5.41, 5.74) is 14.6. The van der Waals surface area contributed by atoms with Crippen LogP contribution in [0.15, 0.2) is 42.6 Å². The Labute approximate surface area is 158 Å². The fourth-order valence-corrected chi connectivity index (χ4v) is 2.83. The molecule has 27 heavy (non-hydrogen) atoms. The first-order valence-corrected chi connectivity index (χ1v) is 9.00. The van der Waals surface area contributed by atoms with E-state index < -0.39 is 0 Å². The van der Waals surface area contributed by atoms with Crippen LogP contribution >= 0.6 is 0 Å². The first kappa shape index (κ1) is 18.4. The number of benzene rings is 1. The van der Waals surface area contributed by atoms with E-state index in [1.807, 2.05) is 18.2 Å². The van der Waals surface area contributed by atoms with E-state index >= 15 is 0 Å². The Morgan fingerprint density at radius 3 is 2.59 bits per heavy atom. The van der Waals surface area contributed by atoms with E-state index in [-0.39, 0.29) is 11.7 Å². The number of hydrogen-bond donors (Lipinski definition) is 4. The summed E-state index contributed by atoms with van der Waals surface area (Å²) in [6.45, 7) is 2.97. The predicted molar refractivity (Wildman–Crippen MR) is 109 cm³/mol. The minimum atomic E-state index is 0.121. The first-order valence-electron chi connectivity index (χ1n) is 9.00. The van der Waals surface area contributed by atoms with E-state index in [9.17, 15) is 5.11 Å². The molecule has 0 aliphatic rings. The highest BCUT2D eigenvalue weighted by Gasteiger charge is 2.11. The van der Waals surface area contributed by atoms with Crippen LogP contribution in [0, 0.1) is 0 Å². The Morgan fingerprint density at radius 1 is 1.00 bits per heavy atom. The number of nitrogens with one attached hydrogen (secondary N) is 1. The number of aromatic hydroxyl groups is 1. The van der Waals surface area contributed by atoms with E-state index in [0.717, 1.165) is 36.9 Å². The monoisotopic (exact) mass is 364 g/mol. The summed E-state index contributed by atoms with van der Waals surface area (Å²) < 4.78 is 0. The lowest BCUT2D eigenvalue weighted by atomic mass is 10.0. The van der Waals surface area contributed by atoms with Crippen molar-refractivity contribution in [1.82, 2.24) is 15.0 Å². The molecule has 1 aromatic carbocycles. The number of anilines is 3. The molecule has 0 aliphatic heterocycles. The molecule has 0 saturated heterocycles. The number of pyridine rings is 1. The van der Waals surface area contributed by atoms with Gasteiger partial charge in [-0.15, -0.1) is 0 Å². The van der Waals surface area contributed by atoms with Crippen LogP contribution in [0.4, 0.5) is 17.6 Å². The van der Waals surface area contributed by atoms with Crippen LogP contribution in [0.1, 0.15) is 26.2 Å². The molecule has 140 valence electrons. The van der Waals surface area contributed by atoms with Gasteiger partial charge in [0.05, 0.1) is 5.69 Å². The summed E-state index contributed by atoms with van der Waals surface area (Å²) in [7, 11) is 0. The van der Waals surface area contributed by atoms with Crippen molar-refractivity contribution in [2.24, 2.45) is 0 Å². The minimum Gasteiger partial charge on any atom is -0.507 e. The third-order valence-electron chi connectivity index (χ3n) is 4.22. The summed E-state index contributed by atoms with van der Waals surface area (Å²) in [6, 6.07) is 10.7. The number of rotatable bonds is 7. The summed E-state index contributed by atoms with van der Waals surface area (Å²) in [4.78, 5) is 12.5. The normalized spacial score (nSPS) is 10.7. The molecule has 0 amide bonds. The minimum absolute atomic E-state index is 0.121. The largest absolute Gasteiger partial charge is 0.507 e. The molecule has 3 rings (SSSR count). The van der Waals surface area contributed by atoms with Gasteiger partial charge in [-0.3, -0.25) is 0 Å². The summed E-state index contributed by atoms with van der Waals surface area (Å²) >= 11 is 0. The van der Waals surface area contributed by atoms with Gasteiger partial charge in [-0.05, 0) is 41.8 Å². The molecule has 6 N–H and O–H groups in total. The molecule has 0 fully saturated rings. The highest BCUT2D eigenvalue weighted by atomic mass is 16.3. The Bertz CT molecular complexity index is 928. The van der Waals surface area contributed by atoms with Gasteiger partial charge in [0.2, 0.25) is 5.95 Å². The molecule has 0 atom stereocenters. The lowest BCUT2D eigenvalue weighted by Gasteiger charge is -2.11. The topological polar surface area (TPSA) is 123 Å². The van der Waals surface area contributed by atoms with E-state index in [2.05, 4.69) is 27.2 Å². The van der Waals surface area contributed by atoms with E-state index in [0.29, 0.717) is 22.9 Å². The number of aromatic nitrogens is 3. The molecule has 3 aromatic rings. The van der Waals surface area contributed by atoms with Crippen LogP contribution in [0.25, 0.3) is 22.4 Å². The lowest BCUT2D eigenvalue weighted by molar-refractivity contribution is 0.477. The van der Waals surface area contributed by atoms with Crippen molar-refractivity contribution in [3.8, 4) is 28.1 Å². The molecule has 0 bridgehead atoms. The number of phenols is 1. The van der Waals surface area contributed by atoms with Gasteiger partial charge in [-0.1, -0.05) is 25.8 Å². The van der Waals surface area contributed by atoms with Crippen LogP contribution in [0.5, 0.6) is 5.75 Å². The van der Waals surface area contributed by atoms with Crippen molar-refractivity contribution >= 4 is 17.6 Å². The van der Waals surface area contributed by atoms with Gasteiger partial charge >= 0.3 is 0 Å². The van der Waals surface area contributed by atoms with Crippen molar-refractivity contribution < 1.29 is 5.11 Å². The lowest BCUT2D eigenvalue weighted by Crippen LogP contribution is -2.06. The molecular formula is C20H24N6O. The van der Waals surface area contributed by atoms with Gasteiger partial charge in [-0.25, -0.2) is 9.97 Å². The number of nitrogens with zero attached hydrogens (tertiary/aromatic N) is 3. The number of unbranched alkanes of at least 4 members (excludes halogenated alkanes) is 2. The Kier molecular flexibility index (Phi) is 5.71. The fraction of sp³-hybridized carbons (Fsp3) is 0.250. The van der Waals surface area contributed by atoms with Crippen LogP contribution in [-0.4, -0.2) is 26.6 Å². The molecule has 0 aliphatic carbocycles. The van der Waals surface area contributed by atoms with Gasteiger partial charge in [0.25, 0.3) is 0 Å². The molecule has 7 nitrogen and oxygen atoms in total. The van der Waals surface area contributed by atoms with Gasteiger partial charge in [0, 0.05) is 24.4 Å².